The number of fused-ring (bicyclic) bond motifs is 1. The number of nitrogens with zero attached hydrogens (tertiary/aromatic N) is 4. The summed E-state index contributed by atoms with van der Waals surface area (Å²) in [4.78, 5) is 24.9. The highest BCUT2D eigenvalue weighted by Crippen LogP contribution is 2.37. The van der Waals surface area contributed by atoms with Crippen molar-refractivity contribution in [2.45, 2.75) is 52.7 Å². The number of amides is 1. The number of benzene rings is 2. The van der Waals surface area contributed by atoms with Gasteiger partial charge in [-0.3, -0.25) is 10.3 Å². The Labute approximate surface area is 255 Å². The highest BCUT2D eigenvalue weighted by Gasteiger charge is 2.27. The van der Waals surface area contributed by atoms with Crippen LogP contribution in [0.1, 0.15) is 31.9 Å². The van der Waals surface area contributed by atoms with E-state index in [9.17, 15) is 18.0 Å². The summed E-state index contributed by atoms with van der Waals surface area (Å²) in [6, 6.07) is 16.5. The summed E-state index contributed by atoms with van der Waals surface area (Å²) in [5, 5.41) is 2.62. The number of pyridine rings is 1. The second kappa shape index (κ2) is 12.8. The van der Waals surface area contributed by atoms with Crippen LogP contribution in [0.25, 0.3) is 28.1 Å². The van der Waals surface area contributed by atoms with Crippen LogP contribution in [0.4, 0.5) is 28.0 Å². The number of nitrogens with one attached hydrogen (secondary N) is 1. The summed E-state index contributed by atoms with van der Waals surface area (Å²) in [5.41, 5.74) is 2.14. The molecule has 0 bridgehead atoms. The molecule has 0 saturated carbocycles. The van der Waals surface area contributed by atoms with E-state index in [-0.39, 0.29) is 29.1 Å². The number of aromatic nitrogens is 4. The lowest BCUT2D eigenvalue weighted by atomic mass is 10.1. The van der Waals surface area contributed by atoms with Gasteiger partial charge in [0.2, 0.25) is 5.88 Å². The lowest BCUT2D eigenvalue weighted by Gasteiger charge is -2.20. The summed E-state index contributed by atoms with van der Waals surface area (Å²) < 4.78 is 73.0. The zero-order chi connectivity index (χ0) is 32.3. The highest BCUT2D eigenvalue weighted by atomic mass is 19.3. The molecule has 5 aromatic rings. The molecule has 234 valence electrons. The Bertz CT molecular complexity index is 1830. The van der Waals surface area contributed by atoms with Crippen molar-refractivity contribution in [3.63, 3.8) is 0 Å². The fourth-order valence-electron chi connectivity index (χ4n) is 4.51. The zero-order valence-corrected chi connectivity index (χ0v) is 24.7. The third kappa shape index (κ3) is 7.31. The van der Waals surface area contributed by atoms with Gasteiger partial charge in [0.25, 0.3) is 6.36 Å². The molecule has 13 heteroatoms. The molecule has 5 rings (SSSR count). The number of alkyl halides is 3. The standard InChI is InChI=1S/C32H29F4N5O4/c1-18-12-20(40-31(42)45-32(2,3)4)15-37-26(18)24-14-23-27(30(39-17-38-23)44-29(36)28(34)35)41(24)21-10-11-25(22(33)13-21)43-16-19-8-6-5-7-9-19/h5-15,17,28-29H,16H2,1-4H3,(H,40,42). The van der Waals surface area contributed by atoms with Crippen LogP contribution < -0.4 is 14.8 Å². The van der Waals surface area contributed by atoms with Crippen molar-refractivity contribution in [3.05, 3.63) is 90.1 Å². The first kappa shape index (κ1) is 31.2. The van der Waals surface area contributed by atoms with E-state index in [1.807, 2.05) is 30.3 Å². The minimum Gasteiger partial charge on any atom is -0.486 e. The Morgan fingerprint density at radius 3 is 2.42 bits per heavy atom. The fraction of sp³-hybridized carbons (Fsp3) is 0.250. The van der Waals surface area contributed by atoms with Crippen molar-refractivity contribution in [2.24, 2.45) is 0 Å². The molecule has 2 aromatic carbocycles. The van der Waals surface area contributed by atoms with Gasteiger partial charge in [-0.25, -0.2) is 22.9 Å². The van der Waals surface area contributed by atoms with Gasteiger partial charge in [-0.15, -0.1) is 0 Å². The molecule has 1 atom stereocenters. The predicted octanol–water partition coefficient (Wildman–Crippen LogP) is 7.80. The molecular weight excluding hydrogens is 594 g/mol. The normalized spacial score (nSPS) is 12.3. The van der Waals surface area contributed by atoms with Gasteiger partial charge >= 0.3 is 12.5 Å². The van der Waals surface area contributed by atoms with Crippen molar-refractivity contribution in [2.75, 3.05) is 5.32 Å². The highest BCUT2D eigenvalue weighted by molar-refractivity contribution is 5.90. The van der Waals surface area contributed by atoms with E-state index in [1.165, 1.54) is 29.0 Å². The number of ether oxygens (including phenoxy) is 3. The molecular formula is C32H29F4N5O4. The van der Waals surface area contributed by atoms with E-state index in [4.69, 9.17) is 14.2 Å². The molecule has 1 amide bonds. The monoisotopic (exact) mass is 623 g/mol. The summed E-state index contributed by atoms with van der Waals surface area (Å²) in [5.74, 6) is -1.22. The van der Waals surface area contributed by atoms with Gasteiger partial charge in [-0.2, -0.15) is 9.37 Å². The van der Waals surface area contributed by atoms with Crippen molar-refractivity contribution in [1.82, 2.24) is 19.5 Å². The fourth-order valence-corrected chi connectivity index (χ4v) is 4.51. The molecule has 0 aliphatic carbocycles. The minimum absolute atomic E-state index is 0.00492. The summed E-state index contributed by atoms with van der Waals surface area (Å²) in [6.45, 7) is 7.05. The molecule has 0 spiro atoms. The Hall–Kier alpha value is -5.20. The van der Waals surface area contributed by atoms with Gasteiger partial charge in [-0.1, -0.05) is 30.3 Å². The second-order valence-corrected chi connectivity index (χ2v) is 11.0. The van der Waals surface area contributed by atoms with E-state index >= 15 is 4.39 Å². The van der Waals surface area contributed by atoms with E-state index in [0.717, 1.165) is 11.9 Å². The van der Waals surface area contributed by atoms with Crippen LogP contribution in [0.3, 0.4) is 0 Å². The topological polar surface area (TPSA) is 100 Å². The smallest absolute Gasteiger partial charge is 0.412 e. The average Bonchev–Trinajstić information content (AvgIpc) is 3.36. The van der Waals surface area contributed by atoms with Crippen LogP contribution in [0.2, 0.25) is 0 Å². The molecule has 0 radical (unpaired) electrons. The van der Waals surface area contributed by atoms with Crippen molar-refractivity contribution in [1.29, 1.82) is 0 Å². The Kier molecular flexibility index (Phi) is 8.89. The summed E-state index contributed by atoms with van der Waals surface area (Å²) >= 11 is 0. The van der Waals surface area contributed by atoms with Crippen LogP contribution in [-0.2, 0) is 11.3 Å². The van der Waals surface area contributed by atoms with E-state index in [0.29, 0.717) is 22.6 Å². The molecule has 45 heavy (non-hydrogen) atoms. The van der Waals surface area contributed by atoms with E-state index in [1.54, 1.807) is 39.8 Å². The summed E-state index contributed by atoms with van der Waals surface area (Å²) in [7, 11) is 0. The van der Waals surface area contributed by atoms with Gasteiger partial charge < -0.3 is 18.8 Å². The van der Waals surface area contributed by atoms with Gasteiger partial charge in [0, 0.05) is 11.8 Å². The van der Waals surface area contributed by atoms with E-state index < -0.39 is 36.2 Å². The first-order valence-electron chi connectivity index (χ1n) is 13.8. The molecule has 0 fully saturated rings. The van der Waals surface area contributed by atoms with Crippen LogP contribution in [-0.4, -0.2) is 44.0 Å². The van der Waals surface area contributed by atoms with Crippen molar-refractivity contribution in [3.8, 4) is 28.7 Å². The first-order chi connectivity index (χ1) is 21.4. The number of carbonyl (C=O) groups is 1. The Morgan fingerprint density at radius 2 is 1.76 bits per heavy atom. The maximum atomic E-state index is 15.4. The molecule has 3 heterocycles. The average molecular weight is 624 g/mol. The van der Waals surface area contributed by atoms with Gasteiger partial charge in [0.05, 0.1) is 28.8 Å². The van der Waals surface area contributed by atoms with Gasteiger partial charge in [-0.05, 0) is 63.1 Å². The molecule has 0 aliphatic heterocycles. The number of halogens is 4. The number of rotatable bonds is 9. The number of carbonyl (C=O) groups excluding carboxylic acids is 1. The molecule has 0 saturated heterocycles. The number of anilines is 1. The minimum atomic E-state index is -3.44. The van der Waals surface area contributed by atoms with Gasteiger partial charge in [0.15, 0.2) is 11.6 Å². The number of hydrogen-bond donors (Lipinski definition) is 1. The van der Waals surface area contributed by atoms with Crippen LogP contribution in [0.15, 0.2) is 73.2 Å². The molecule has 1 N–H and O–H groups in total. The maximum Gasteiger partial charge on any atom is 0.412 e. The predicted molar refractivity (Wildman–Crippen MR) is 159 cm³/mol. The van der Waals surface area contributed by atoms with Gasteiger partial charge in [0.1, 0.15) is 24.1 Å². The van der Waals surface area contributed by atoms with E-state index in [2.05, 4.69) is 20.3 Å². The molecule has 1 unspecified atom stereocenters. The lowest BCUT2D eigenvalue weighted by Crippen LogP contribution is -2.27. The largest absolute Gasteiger partial charge is 0.486 e. The Balaban J connectivity index is 1.58. The number of aryl methyl sites for hydroxylation is 1. The SMILES string of the molecule is Cc1cc(NC(=O)OC(C)(C)C)cnc1-c1cc2ncnc(OC(F)C(F)F)c2n1-c1ccc(OCc2ccccc2)c(F)c1. The first-order valence-corrected chi connectivity index (χ1v) is 13.8. The quantitative estimate of drug-likeness (QED) is 0.167. The van der Waals surface area contributed by atoms with Crippen LogP contribution in [0, 0.1) is 12.7 Å². The maximum absolute atomic E-state index is 15.4. The molecule has 3 aromatic heterocycles. The Morgan fingerprint density at radius 1 is 1.00 bits per heavy atom. The molecule has 0 aliphatic rings. The molecule has 9 nitrogen and oxygen atoms in total. The lowest BCUT2D eigenvalue weighted by molar-refractivity contribution is -0.0683. The third-order valence-corrected chi connectivity index (χ3v) is 6.35. The second-order valence-electron chi connectivity index (χ2n) is 11.0. The zero-order valence-electron chi connectivity index (χ0n) is 24.7. The van der Waals surface area contributed by atoms with Crippen LogP contribution in [0.5, 0.6) is 11.6 Å². The summed E-state index contributed by atoms with van der Waals surface area (Å²) in [6.07, 6.45) is -4.65. The third-order valence-electron chi connectivity index (χ3n) is 6.35. The van der Waals surface area contributed by atoms with Crippen LogP contribution >= 0.6 is 0 Å². The van der Waals surface area contributed by atoms with Crippen molar-refractivity contribution >= 4 is 22.8 Å². The van der Waals surface area contributed by atoms with Crippen molar-refractivity contribution < 1.29 is 36.6 Å². The number of hydrogen-bond acceptors (Lipinski definition) is 7.